The van der Waals surface area contributed by atoms with E-state index in [9.17, 15) is 27.6 Å². The van der Waals surface area contributed by atoms with Gasteiger partial charge in [0.2, 0.25) is 21.8 Å². The quantitative estimate of drug-likeness (QED) is 0.251. The molecule has 0 unspecified atom stereocenters. The molecule has 2 heterocycles. The first-order valence-corrected chi connectivity index (χ1v) is 20.3. The Morgan fingerprint density at radius 2 is 1.85 bits per heavy atom. The number of allylic oxidation sites excluding steroid dienone is 2. The third-order valence-corrected chi connectivity index (χ3v) is 13.0. The maximum absolute atomic E-state index is 14.6. The van der Waals surface area contributed by atoms with Crippen LogP contribution < -0.4 is 9.46 Å². The number of nitrogens with zero attached hydrogens (tertiary/aromatic N) is 1. The monoisotopic (exact) mass is 732 g/mol. The molecule has 0 aromatic heterocycles. The lowest BCUT2D eigenvalue weighted by Crippen LogP contribution is -2.48. The Balaban J connectivity index is 1.32. The van der Waals surface area contributed by atoms with Crippen LogP contribution in [0.2, 0.25) is 0 Å². The van der Waals surface area contributed by atoms with E-state index >= 15 is 0 Å². The molecule has 280 valence electrons. The predicted octanol–water partition coefficient (Wildman–Crippen LogP) is 6.52. The van der Waals surface area contributed by atoms with E-state index in [1.165, 1.54) is 4.90 Å². The molecule has 0 radical (unpaired) electrons. The summed E-state index contributed by atoms with van der Waals surface area (Å²) in [6.07, 6.45) is 11.0. The number of fused-ring (bicyclic) bond motifs is 3. The Morgan fingerprint density at radius 3 is 2.56 bits per heavy atom. The molecule has 4 aliphatic rings. The van der Waals surface area contributed by atoms with Crippen LogP contribution in [0.3, 0.4) is 0 Å². The van der Waals surface area contributed by atoms with Gasteiger partial charge in [0.15, 0.2) is 5.78 Å². The van der Waals surface area contributed by atoms with Crippen molar-refractivity contribution in [3.05, 3.63) is 60.7 Å². The Kier molecular flexibility index (Phi) is 11.0. The number of benzene rings is 2. The molecule has 2 aromatic carbocycles. The zero-order valence-electron chi connectivity index (χ0n) is 30.6. The maximum atomic E-state index is 14.6. The van der Waals surface area contributed by atoms with Gasteiger partial charge in [-0.3, -0.25) is 23.9 Å². The van der Waals surface area contributed by atoms with E-state index in [0.29, 0.717) is 18.6 Å². The number of nitrogens with one attached hydrogen (secondary N) is 1. The lowest BCUT2D eigenvalue weighted by molar-refractivity contribution is -0.153. The Hall–Kier alpha value is -3.99. The largest absolute Gasteiger partial charge is 0.488 e. The first-order chi connectivity index (χ1) is 24.7. The molecule has 5 atom stereocenters. The lowest BCUT2D eigenvalue weighted by atomic mass is 9.77. The van der Waals surface area contributed by atoms with Crippen molar-refractivity contribution in [1.82, 2.24) is 9.62 Å². The number of rotatable bonds is 7. The standard InChI is InChI=1S/C41H52N2O8S/c1-5-29-24-41(29,39(47)42-52(48,49)31-18-19-31)25-35(44)34-22-30-26-43(34)38(46)33(40(2,3)4)23-37(45)50-20-11-9-7-6-8-10-13-27-16-17-28-14-12-15-36(51-30)32(28)21-27/h5,10,12-17,21,29-31,33-34H,1,6-9,11,18-20,22-26H2,2-4H3,(H,42,47)/b13-10+/t29-,30-,33-,34+,41-/m1/s1. The van der Waals surface area contributed by atoms with E-state index in [4.69, 9.17) is 9.47 Å². The second kappa shape index (κ2) is 15.2. The topological polar surface area (TPSA) is 136 Å². The van der Waals surface area contributed by atoms with Gasteiger partial charge in [0.25, 0.3) is 0 Å². The summed E-state index contributed by atoms with van der Waals surface area (Å²) in [6.45, 7) is 9.90. The average Bonchev–Trinajstić information content (AvgIpc) is 4.02. The van der Waals surface area contributed by atoms with Gasteiger partial charge < -0.3 is 14.4 Å². The SMILES string of the molecule is C=C[C@@H]1C[C@]1(CC(=O)[C@@H]1C[C@@H]2CN1C(=O)[C@H](C(C)(C)C)CC(=O)OCCCCCC/C=C/c1ccc3cccc(c3c1)O2)C(=O)NS(=O)(=O)C1CC1. The molecule has 2 saturated carbocycles. The van der Waals surface area contributed by atoms with Crippen LogP contribution in [0.1, 0.15) is 97.0 Å². The minimum Gasteiger partial charge on any atom is -0.488 e. The van der Waals surface area contributed by atoms with Gasteiger partial charge in [0.05, 0.1) is 42.2 Å². The summed E-state index contributed by atoms with van der Waals surface area (Å²) < 4.78 is 39.9. The molecule has 4 bridgehead atoms. The van der Waals surface area contributed by atoms with Crippen LogP contribution in [-0.2, 0) is 33.9 Å². The molecule has 2 amide bonds. The van der Waals surface area contributed by atoms with E-state index in [1.807, 2.05) is 39.0 Å². The summed E-state index contributed by atoms with van der Waals surface area (Å²) in [4.78, 5) is 57.2. The zero-order valence-corrected chi connectivity index (χ0v) is 31.4. The molecule has 0 spiro atoms. The molecule has 2 aliphatic carbocycles. The van der Waals surface area contributed by atoms with Gasteiger partial charge in [-0.1, -0.05) is 76.1 Å². The van der Waals surface area contributed by atoms with Gasteiger partial charge >= 0.3 is 5.97 Å². The molecule has 52 heavy (non-hydrogen) atoms. The molecule has 1 N–H and O–H groups in total. The number of sulfonamides is 1. The van der Waals surface area contributed by atoms with Crippen molar-refractivity contribution < 1.29 is 37.1 Å². The first kappa shape index (κ1) is 37.8. The van der Waals surface area contributed by atoms with Crippen LogP contribution in [0.4, 0.5) is 0 Å². The molecule has 6 rings (SSSR count). The molecule has 11 heteroatoms. The van der Waals surface area contributed by atoms with Crippen molar-refractivity contribution in [3.8, 4) is 5.75 Å². The summed E-state index contributed by atoms with van der Waals surface area (Å²) in [6, 6.07) is 11.1. The smallest absolute Gasteiger partial charge is 0.306 e. The number of Topliss-reactive ketones (excluding diaryl/α,β-unsaturated/α-hetero) is 1. The van der Waals surface area contributed by atoms with Crippen LogP contribution >= 0.6 is 0 Å². The fourth-order valence-corrected chi connectivity index (χ4v) is 9.09. The van der Waals surface area contributed by atoms with Crippen molar-refractivity contribution in [3.63, 3.8) is 0 Å². The second-order valence-corrected chi connectivity index (χ2v) is 18.1. The number of hydrogen-bond donors (Lipinski definition) is 1. The number of cyclic esters (lactones) is 1. The summed E-state index contributed by atoms with van der Waals surface area (Å²) in [5, 5.41) is 1.32. The summed E-state index contributed by atoms with van der Waals surface area (Å²) in [5.74, 6) is -2.37. The van der Waals surface area contributed by atoms with Crippen LogP contribution in [0.5, 0.6) is 5.75 Å². The first-order valence-electron chi connectivity index (χ1n) is 18.8. The molecule has 2 aliphatic heterocycles. The third kappa shape index (κ3) is 8.45. The highest BCUT2D eigenvalue weighted by molar-refractivity contribution is 7.90. The fourth-order valence-electron chi connectivity index (χ4n) is 7.70. The number of ketones is 1. The molecule has 10 nitrogen and oxygen atoms in total. The number of amides is 2. The van der Waals surface area contributed by atoms with E-state index in [0.717, 1.165) is 48.4 Å². The highest BCUT2D eigenvalue weighted by Gasteiger charge is 2.61. The number of ether oxygens (including phenoxy) is 2. The van der Waals surface area contributed by atoms with E-state index in [-0.39, 0.29) is 56.4 Å². The lowest BCUT2D eigenvalue weighted by Gasteiger charge is -2.34. The Bertz CT molecular complexity index is 1860. The molecular weight excluding hydrogens is 681 g/mol. The van der Waals surface area contributed by atoms with Crippen molar-refractivity contribution in [1.29, 1.82) is 0 Å². The highest BCUT2D eigenvalue weighted by atomic mass is 32.2. The minimum absolute atomic E-state index is 0.104. The number of carbonyl (C=O) groups is 4. The zero-order chi connectivity index (χ0) is 37.3. The third-order valence-electron chi connectivity index (χ3n) is 11.2. The molecule has 1 saturated heterocycles. The van der Waals surface area contributed by atoms with Crippen molar-refractivity contribution >= 4 is 50.4 Å². The van der Waals surface area contributed by atoms with E-state index < -0.39 is 56.0 Å². The predicted molar refractivity (Wildman–Crippen MR) is 200 cm³/mol. The van der Waals surface area contributed by atoms with Gasteiger partial charge in [-0.2, -0.15) is 0 Å². The minimum atomic E-state index is -3.83. The molecule has 2 aromatic rings. The normalized spacial score (nSPS) is 28.3. The summed E-state index contributed by atoms with van der Waals surface area (Å²) >= 11 is 0. The Morgan fingerprint density at radius 1 is 1.08 bits per heavy atom. The van der Waals surface area contributed by atoms with E-state index in [2.05, 4.69) is 41.7 Å². The van der Waals surface area contributed by atoms with Gasteiger partial charge in [-0.25, -0.2) is 8.42 Å². The van der Waals surface area contributed by atoms with Crippen LogP contribution in [-0.4, -0.2) is 67.4 Å². The second-order valence-electron chi connectivity index (χ2n) is 16.2. The average molecular weight is 733 g/mol. The van der Waals surface area contributed by atoms with Crippen LogP contribution in [0.25, 0.3) is 16.8 Å². The van der Waals surface area contributed by atoms with Gasteiger partial charge in [0, 0.05) is 18.2 Å². The fraction of sp³-hybridized carbons (Fsp3) is 0.561. The summed E-state index contributed by atoms with van der Waals surface area (Å²) in [5.41, 5.74) is -0.858. The van der Waals surface area contributed by atoms with Gasteiger partial charge in [-0.15, -0.1) is 6.58 Å². The Labute approximate surface area is 307 Å². The van der Waals surface area contributed by atoms with Crippen LogP contribution in [0.15, 0.2) is 55.1 Å². The van der Waals surface area contributed by atoms with Gasteiger partial charge in [-0.05, 0) is 72.9 Å². The summed E-state index contributed by atoms with van der Waals surface area (Å²) in [7, 11) is -3.83. The highest BCUT2D eigenvalue weighted by Crippen LogP contribution is 2.57. The van der Waals surface area contributed by atoms with Gasteiger partial charge in [0.1, 0.15) is 11.9 Å². The van der Waals surface area contributed by atoms with Crippen molar-refractivity contribution in [2.45, 2.75) is 109 Å². The molecule has 3 fully saturated rings. The van der Waals surface area contributed by atoms with Crippen molar-refractivity contribution in [2.75, 3.05) is 13.2 Å². The number of hydrogen-bond acceptors (Lipinski definition) is 8. The number of esters is 1. The maximum Gasteiger partial charge on any atom is 0.306 e. The van der Waals surface area contributed by atoms with Crippen molar-refractivity contribution in [2.24, 2.45) is 22.7 Å². The van der Waals surface area contributed by atoms with E-state index in [1.54, 1.807) is 6.08 Å². The number of carbonyl (C=O) groups excluding carboxylic acids is 4. The molecular formula is C41H52N2O8S. The van der Waals surface area contributed by atoms with Crippen LogP contribution in [0, 0.1) is 22.7 Å².